The van der Waals surface area contributed by atoms with E-state index >= 15 is 0 Å². The van der Waals surface area contributed by atoms with Crippen molar-refractivity contribution in [2.45, 2.75) is 42.2 Å². The Balaban J connectivity index is 1.37. The number of hydrogen-bond donors (Lipinski definition) is 3. The molecule has 0 saturated carbocycles. The van der Waals surface area contributed by atoms with Gasteiger partial charge in [-0.25, -0.2) is 13.1 Å². The summed E-state index contributed by atoms with van der Waals surface area (Å²) >= 11 is 5.78. The number of sulfonamides is 1. The van der Waals surface area contributed by atoms with Crippen LogP contribution in [0.25, 0.3) is 0 Å². The molecule has 1 saturated heterocycles. The third kappa shape index (κ3) is 4.62. The number of para-hydroxylation sites is 1. The number of ether oxygens (including phenoxy) is 1. The van der Waals surface area contributed by atoms with Crippen LogP contribution >= 0.6 is 11.6 Å². The highest BCUT2D eigenvalue weighted by atomic mass is 35.5. The predicted octanol–water partition coefficient (Wildman–Crippen LogP) is 1.09. The third-order valence-electron chi connectivity index (χ3n) is 5.62. The van der Waals surface area contributed by atoms with E-state index in [0.29, 0.717) is 11.6 Å². The highest BCUT2D eigenvalue weighted by Crippen LogP contribution is 2.30. The molecular weight excluding hydrogens is 444 g/mol. The van der Waals surface area contributed by atoms with Gasteiger partial charge in [0.05, 0.1) is 17.4 Å². The zero-order valence-electron chi connectivity index (χ0n) is 16.5. The van der Waals surface area contributed by atoms with Gasteiger partial charge in [-0.05, 0) is 42.3 Å². The Kier molecular flexibility index (Phi) is 6.34. The standard InChI is InChI=1S/C21H23ClN2O6S/c22-14-5-7-15(8-6-14)31(28,29)23-12-18-21(27)20(26)17(30-18)11-19(25)24-10-9-13-3-1-2-4-16(13)24/h1-8,17-18,20-21,23,26-27H,9-12H2/t17-,18+,20-,21+/m0/s1. The van der Waals surface area contributed by atoms with Gasteiger partial charge in [-0.15, -0.1) is 0 Å². The van der Waals surface area contributed by atoms with Crippen LogP contribution in [-0.2, 0) is 26.0 Å². The molecule has 2 aromatic rings. The van der Waals surface area contributed by atoms with Crippen LogP contribution < -0.4 is 9.62 Å². The molecule has 1 amide bonds. The smallest absolute Gasteiger partial charge is 0.240 e. The molecule has 0 aromatic heterocycles. The number of nitrogens with one attached hydrogen (secondary N) is 1. The van der Waals surface area contributed by atoms with E-state index in [2.05, 4.69) is 4.72 Å². The fourth-order valence-electron chi connectivity index (χ4n) is 3.93. The van der Waals surface area contributed by atoms with Crippen molar-refractivity contribution in [3.63, 3.8) is 0 Å². The molecule has 2 aliphatic rings. The summed E-state index contributed by atoms with van der Waals surface area (Å²) in [4.78, 5) is 14.4. The Morgan fingerprint density at radius 3 is 2.52 bits per heavy atom. The summed E-state index contributed by atoms with van der Waals surface area (Å²) < 4.78 is 32.9. The topological polar surface area (TPSA) is 116 Å². The van der Waals surface area contributed by atoms with Crippen LogP contribution in [0.2, 0.25) is 5.02 Å². The second-order valence-electron chi connectivity index (χ2n) is 7.63. The summed E-state index contributed by atoms with van der Waals surface area (Å²) in [5.74, 6) is -0.219. The van der Waals surface area contributed by atoms with Crippen LogP contribution in [0, 0.1) is 0 Å². The van der Waals surface area contributed by atoms with Crippen molar-refractivity contribution in [1.29, 1.82) is 0 Å². The van der Waals surface area contributed by atoms with Gasteiger partial charge in [-0.2, -0.15) is 0 Å². The number of aliphatic hydroxyl groups is 2. The zero-order valence-corrected chi connectivity index (χ0v) is 18.1. The number of fused-ring (bicyclic) bond motifs is 1. The summed E-state index contributed by atoms with van der Waals surface area (Å²) in [6, 6.07) is 13.3. The fraction of sp³-hybridized carbons (Fsp3) is 0.381. The van der Waals surface area contributed by atoms with Gasteiger partial charge in [-0.3, -0.25) is 4.79 Å². The average Bonchev–Trinajstić information content (AvgIpc) is 3.29. The molecule has 1 fully saturated rings. The fourth-order valence-corrected chi connectivity index (χ4v) is 5.10. The maximum Gasteiger partial charge on any atom is 0.240 e. The van der Waals surface area contributed by atoms with E-state index in [1.165, 1.54) is 24.3 Å². The van der Waals surface area contributed by atoms with Gasteiger partial charge in [0, 0.05) is 23.8 Å². The molecule has 8 nitrogen and oxygen atoms in total. The van der Waals surface area contributed by atoms with E-state index < -0.39 is 34.4 Å². The molecule has 2 heterocycles. The molecule has 10 heteroatoms. The molecule has 0 spiro atoms. The van der Waals surface area contributed by atoms with Crippen LogP contribution in [0.15, 0.2) is 53.4 Å². The summed E-state index contributed by atoms with van der Waals surface area (Å²) in [6.45, 7) is 0.300. The second kappa shape index (κ2) is 8.85. The molecule has 3 N–H and O–H groups in total. The Hall–Kier alpha value is -2.01. The minimum Gasteiger partial charge on any atom is -0.388 e. The molecule has 4 rings (SSSR count). The van der Waals surface area contributed by atoms with Gasteiger partial charge in [0.1, 0.15) is 18.3 Å². The van der Waals surface area contributed by atoms with E-state index in [9.17, 15) is 23.4 Å². The Bertz CT molecular complexity index is 1060. The van der Waals surface area contributed by atoms with Crippen molar-refractivity contribution in [3.8, 4) is 0 Å². The van der Waals surface area contributed by atoms with E-state index in [4.69, 9.17) is 16.3 Å². The lowest BCUT2D eigenvalue weighted by Gasteiger charge is -2.21. The largest absolute Gasteiger partial charge is 0.388 e. The van der Waals surface area contributed by atoms with Gasteiger partial charge in [0.25, 0.3) is 0 Å². The lowest BCUT2D eigenvalue weighted by Crippen LogP contribution is -2.40. The normalized spacial score (nSPS) is 25.6. The Morgan fingerprint density at radius 2 is 1.77 bits per heavy atom. The highest BCUT2D eigenvalue weighted by Gasteiger charge is 2.44. The number of halogens is 1. The van der Waals surface area contributed by atoms with Gasteiger partial charge in [0.15, 0.2) is 0 Å². The Morgan fingerprint density at radius 1 is 1.10 bits per heavy atom. The van der Waals surface area contributed by atoms with Crippen molar-refractivity contribution >= 4 is 33.2 Å². The molecule has 2 aromatic carbocycles. The monoisotopic (exact) mass is 466 g/mol. The molecule has 166 valence electrons. The first-order valence-electron chi connectivity index (χ1n) is 9.91. The maximum absolute atomic E-state index is 12.8. The van der Waals surface area contributed by atoms with Gasteiger partial charge < -0.3 is 19.8 Å². The molecule has 0 aliphatic carbocycles. The van der Waals surface area contributed by atoms with E-state index in [-0.39, 0.29) is 23.8 Å². The summed E-state index contributed by atoms with van der Waals surface area (Å²) in [6.07, 6.45) is -3.90. The van der Waals surface area contributed by atoms with Crippen molar-refractivity contribution in [1.82, 2.24) is 4.72 Å². The average molecular weight is 467 g/mol. The first kappa shape index (κ1) is 22.2. The van der Waals surface area contributed by atoms with E-state index in [1.807, 2.05) is 24.3 Å². The third-order valence-corrected chi connectivity index (χ3v) is 7.32. The van der Waals surface area contributed by atoms with Crippen LogP contribution in [-0.4, -0.2) is 62.0 Å². The van der Waals surface area contributed by atoms with Crippen molar-refractivity contribution in [2.24, 2.45) is 0 Å². The Labute approximate surface area is 185 Å². The lowest BCUT2D eigenvalue weighted by molar-refractivity contribution is -0.122. The SMILES string of the molecule is O=C(C[C@@H]1O[C@H](CNS(=O)(=O)c2ccc(Cl)cc2)[C@@H](O)[C@H]1O)N1CCc2ccccc21. The first-order valence-corrected chi connectivity index (χ1v) is 11.8. The number of aliphatic hydroxyl groups excluding tert-OH is 2. The molecule has 31 heavy (non-hydrogen) atoms. The number of benzene rings is 2. The highest BCUT2D eigenvalue weighted by molar-refractivity contribution is 7.89. The quantitative estimate of drug-likeness (QED) is 0.586. The maximum atomic E-state index is 12.8. The minimum atomic E-state index is -3.85. The number of anilines is 1. The molecule has 0 bridgehead atoms. The summed E-state index contributed by atoms with van der Waals surface area (Å²) in [5.41, 5.74) is 1.92. The molecule has 4 atom stereocenters. The van der Waals surface area contributed by atoms with Gasteiger partial charge in [-0.1, -0.05) is 29.8 Å². The number of nitrogens with zero attached hydrogens (tertiary/aromatic N) is 1. The van der Waals surface area contributed by atoms with Crippen LogP contribution in [0.4, 0.5) is 5.69 Å². The minimum absolute atomic E-state index is 0.0179. The number of amides is 1. The molecular formula is C21H23ClN2O6S. The van der Waals surface area contributed by atoms with Crippen LogP contribution in [0.1, 0.15) is 12.0 Å². The lowest BCUT2D eigenvalue weighted by atomic mass is 10.1. The van der Waals surface area contributed by atoms with Crippen molar-refractivity contribution < 1.29 is 28.2 Å². The van der Waals surface area contributed by atoms with Crippen molar-refractivity contribution in [2.75, 3.05) is 18.0 Å². The number of carbonyl (C=O) groups excluding carboxylic acids is 1. The number of carbonyl (C=O) groups is 1. The molecule has 0 radical (unpaired) electrons. The predicted molar refractivity (Wildman–Crippen MR) is 114 cm³/mol. The number of hydrogen-bond acceptors (Lipinski definition) is 6. The van der Waals surface area contributed by atoms with Gasteiger partial charge in [0.2, 0.25) is 15.9 Å². The zero-order chi connectivity index (χ0) is 22.2. The van der Waals surface area contributed by atoms with E-state index in [0.717, 1.165) is 17.7 Å². The van der Waals surface area contributed by atoms with Crippen LogP contribution in [0.5, 0.6) is 0 Å². The van der Waals surface area contributed by atoms with E-state index in [1.54, 1.807) is 4.90 Å². The number of rotatable bonds is 6. The van der Waals surface area contributed by atoms with Crippen molar-refractivity contribution in [3.05, 3.63) is 59.1 Å². The second-order valence-corrected chi connectivity index (χ2v) is 9.83. The van der Waals surface area contributed by atoms with Crippen LogP contribution in [0.3, 0.4) is 0 Å². The molecule has 2 aliphatic heterocycles. The first-order chi connectivity index (χ1) is 14.8. The summed E-state index contributed by atoms with van der Waals surface area (Å²) in [7, 11) is -3.85. The summed E-state index contributed by atoms with van der Waals surface area (Å²) in [5, 5.41) is 21.1. The molecule has 0 unspecified atom stereocenters. The van der Waals surface area contributed by atoms with Gasteiger partial charge >= 0.3 is 0 Å².